The number of aliphatic hydroxyl groups is 2. The SMILES string of the molecule is C=CC(=O)OOCCCC(=O)C(O)CO. The van der Waals surface area contributed by atoms with E-state index in [1.54, 1.807) is 0 Å². The van der Waals surface area contributed by atoms with Gasteiger partial charge in [-0.3, -0.25) is 9.68 Å². The third-order valence-corrected chi connectivity index (χ3v) is 1.50. The van der Waals surface area contributed by atoms with Crippen LogP contribution in [0.3, 0.4) is 0 Å². The molecule has 0 rings (SSSR count). The Hall–Kier alpha value is -1.24. The monoisotopic (exact) mass is 218 g/mol. The second kappa shape index (κ2) is 8.10. The van der Waals surface area contributed by atoms with Gasteiger partial charge in [0.15, 0.2) is 5.78 Å². The van der Waals surface area contributed by atoms with Gasteiger partial charge in [0.2, 0.25) is 0 Å². The number of hydrogen-bond donors (Lipinski definition) is 2. The average molecular weight is 218 g/mol. The first-order valence-electron chi connectivity index (χ1n) is 4.39. The minimum absolute atomic E-state index is 0.0451. The van der Waals surface area contributed by atoms with Crippen LogP contribution >= 0.6 is 0 Å². The molecule has 0 aliphatic rings. The van der Waals surface area contributed by atoms with Crippen LogP contribution in [0.5, 0.6) is 0 Å². The van der Waals surface area contributed by atoms with Gasteiger partial charge in [-0.2, -0.15) is 4.89 Å². The summed E-state index contributed by atoms with van der Waals surface area (Å²) in [7, 11) is 0. The van der Waals surface area contributed by atoms with Crippen molar-refractivity contribution < 1.29 is 29.6 Å². The minimum atomic E-state index is -1.35. The number of carbonyl (C=O) groups excluding carboxylic acids is 2. The molecule has 2 N–H and O–H groups in total. The number of ketones is 1. The normalized spacial score (nSPS) is 11.9. The van der Waals surface area contributed by atoms with E-state index in [1.807, 2.05) is 0 Å². The molecule has 0 aromatic carbocycles. The Morgan fingerprint density at radius 3 is 2.67 bits per heavy atom. The quantitative estimate of drug-likeness (QED) is 0.243. The van der Waals surface area contributed by atoms with E-state index in [0.717, 1.165) is 6.08 Å². The Morgan fingerprint density at radius 2 is 2.13 bits per heavy atom. The second-order valence-corrected chi connectivity index (χ2v) is 2.70. The molecule has 0 radical (unpaired) electrons. The molecule has 1 unspecified atom stereocenters. The molecule has 0 aliphatic carbocycles. The molecule has 0 saturated carbocycles. The van der Waals surface area contributed by atoms with E-state index in [0.29, 0.717) is 6.42 Å². The zero-order valence-corrected chi connectivity index (χ0v) is 8.22. The van der Waals surface area contributed by atoms with E-state index in [1.165, 1.54) is 0 Å². The summed E-state index contributed by atoms with van der Waals surface area (Å²) in [5.74, 6) is -1.19. The maximum absolute atomic E-state index is 10.9. The molecule has 0 amide bonds. The molecule has 0 saturated heterocycles. The molecule has 86 valence electrons. The third-order valence-electron chi connectivity index (χ3n) is 1.50. The molecule has 0 aromatic rings. The van der Waals surface area contributed by atoms with Crippen molar-refractivity contribution in [1.82, 2.24) is 0 Å². The van der Waals surface area contributed by atoms with Crippen LogP contribution in [0.2, 0.25) is 0 Å². The highest BCUT2D eigenvalue weighted by Crippen LogP contribution is 1.97. The van der Waals surface area contributed by atoms with Gasteiger partial charge in [0.25, 0.3) is 0 Å². The molecule has 6 heteroatoms. The van der Waals surface area contributed by atoms with Crippen LogP contribution in [0.25, 0.3) is 0 Å². The lowest BCUT2D eigenvalue weighted by atomic mass is 10.1. The Morgan fingerprint density at radius 1 is 1.47 bits per heavy atom. The van der Waals surface area contributed by atoms with Crippen molar-refractivity contribution in [3.05, 3.63) is 12.7 Å². The maximum Gasteiger partial charge on any atom is 0.365 e. The summed E-state index contributed by atoms with van der Waals surface area (Å²) in [6.07, 6.45) is -0.0605. The van der Waals surface area contributed by atoms with Crippen molar-refractivity contribution in [2.75, 3.05) is 13.2 Å². The summed E-state index contributed by atoms with van der Waals surface area (Å²) in [6.45, 7) is 2.61. The standard InChI is InChI=1S/C9H14O6/c1-2-9(13)15-14-5-3-4-7(11)8(12)6-10/h2,8,10,12H,1,3-6H2. The summed E-state index contributed by atoms with van der Waals surface area (Å²) in [4.78, 5) is 30.0. The zero-order valence-electron chi connectivity index (χ0n) is 8.22. The summed E-state index contributed by atoms with van der Waals surface area (Å²) in [6, 6.07) is 0. The largest absolute Gasteiger partial charge is 0.393 e. The number of aliphatic hydroxyl groups excluding tert-OH is 2. The van der Waals surface area contributed by atoms with E-state index in [-0.39, 0.29) is 13.0 Å². The number of rotatable bonds is 8. The van der Waals surface area contributed by atoms with Crippen LogP contribution in [-0.2, 0) is 19.4 Å². The lowest BCUT2D eigenvalue weighted by molar-refractivity contribution is -0.267. The maximum atomic E-state index is 10.9. The Bertz CT molecular complexity index is 225. The summed E-state index contributed by atoms with van der Waals surface area (Å²) in [5, 5.41) is 17.3. The molecule has 0 bridgehead atoms. The average Bonchev–Trinajstić information content (AvgIpc) is 2.26. The van der Waals surface area contributed by atoms with Gasteiger partial charge in [-0.1, -0.05) is 6.58 Å². The Labute approximate surface area is 87.0 Å². The number of hydrogen-bond acceptors (Lipinski definition) is 6. The first-order valence-corrected chi connectivity index (χ1v) is 4.39. The molecule has 0 fully saturated rings. The van der Waals surface area contributed by atoms with Crippen LogP contribution < -0.4 is 0 Å². The lowest BCUT2D eigenvalue weighted by Gasteiger charge is -2.05. The highest BCUT2D eigenvalue weighted by atomic mass is 17.2. The van der Waals surface area contributed by atoms with Gasteiger partial charge in [-0.05, 0) is 6.42 Å². The predicted octanol–water partition coefficient (Wildman–Crippen LogP) is -0.650. The molecule has 0 aliphatic heterocycles. The van der Waals surface area contributed by atoms with Gasteiger partial charge >= 0.3 is 5.97 Å². The zero-order chi connectivity index (χ0) is 11.7. The van der Waals surface area contributed by atoms with E-state index in [9.17, 15) is 9.59 Å². The lowest BCUT2D eigenvalue weighted by Crippen LogP contribution is -2.24. The van der Waals surface area contributed by atoms with Crippen molar-refractivity contribution in [2.24, 2.45) is 0 Å². The van der Waals surface area contributed by atoms with Crippen LogP contribution in [0, 0.1) is 0 Å². The molecule has 0 aromatic heterocycles. The van der Waals surface area contributed by atoms with Crippen LogP contribution in [0.1, 0.15) is 12.8 Å². The third kappa shape index (κ3) is 6.78. The predicted molar refractivity (Wildman–Crippen MR) is 49.6 cm³/mol. The first kappa shape index (κ1) is 13.8. The first-order chi connectivity index (χ1) is 7.11. The molecular formula is C9H14O6. The van der Waals surface area contributed by atoms with Gasteiger partial charge < -0.3 is 10.2 Å². The van der Waals surface area contributed by atoms with Crippen LogP contribution in [0.4, 0.5) is 0 Å². The minimum Gasteiger partial charge on any atom is -0.393 e. The van der Waals surface area contributed by atoms with Crippen LogP contribution in [0.15, 0.2) is 12.7 Å². The molecule has 6 nitrogen and oxygen atoms in total. The second-order valence-electron chi connectivity index (χ2n) is 2.70. The fraction of sp³-hybridized carbons (Fsp3) is 0.556. The number of carbonyl (C=O) groups is 2. The molecule has 0 heterocycles. The van der Waals surface area contributed by atoms with Crippen molar-refractivity contribution in [1.29, 1.82) is 0 Å². The highest BCUT2D eigenvalue weighted by Gasteiger charge is 2.12. The van der Waals surface area contributed by atoms with E-state index in [4.69, 9.17) is 10.2 Å². The Balaban J connectivity index is 3.42. The van der Waals surface area contributed by atoms with Crippen LogP contribution in [-0.4, -0.2) is 41.3 Å². The van der Waals surface area contributed by atoms with Gasteiger partial charge in [0.1, 0.15) is 6.10 Å². The van der Waals surface area contributed by atoms with Crippen molar-refractivity contribution in [2.45, 2.75) is 18.9 Å². The molecular weight excluding hydrogens is 204 g/mol. The summed E-state index contributed by atoms with van der Waals surface area (Å²) >= 11 is 0. The number of Topliss-reactive ketones (excluding diaryl/α,β-unsaturated/α-hetero) is 1. The topological polar surface area (TPSA) is 93.1 Å². The fourth-order valence-electron chi connectivity index (χ4n) is 0.708. The van der Waals surface area contributed by atoms with Gasteiger partial charge in [-0.15, -0.1) is 0 Å². The molecule has 1 atom stereocenters. The fourth-order valence-corrected chi connectivity index (χ4v) is 0.708. The smallest absolute Gasteiger partial charge is 0.365 e. The summed E-state index contributed by atoms with van der Waals surface area (Å²) < 4.78 is 0. The van der Waals surface area contributed by atoms with Crippen molar-refractivity contribution in [3.63, 3.8) is 0 Å². The highest BCUT2D eigenvalue weighted by molar-refractivity contribution is 5.82. The van der Waals surface area contributed by atoms with E-state index in [2.05, 4.69) is 16.4 Å². The molecule has 0 spiro atoms. The van der Waals surface area contributed by atoms with Crippen molar-refractivity contribution in [3.8, 4) is 0 Å². The van der Waals surface area contributed by atoms with Gasteiger partial charge in [0.05, 0.1) is 13.2 Å². The Kier molecular flexibility index (Phi) is 7.43. The summed E-state index contributed by atoms with van der Waals surface area (Å²) in [5.41, 5.74) is 0. The van der Waals surface area contributed by atoms with Gasteiger partial charge in [0, 0.05) is 12.5 Å². The van der Waals surface area contributed by atoms with Crippen molar-refractivity contribution >= 4 is 11.8 Å². The van der Waals surface area contributed by atoms with Gasteiger partial charge in [-0.25, -0.2) is 4.79 Å². The van der Waals surface area contributed by atoms with E-state index >= 15 is 0 Å². The molecule has 15 heavy (non-hydrogen) atoms. The van der Waals surface area contributed by atoms with E-state index < -0.39 is 24.5 Å².